The van der Waals surface area contributed by atoms with Crippen molar-refractivity contribution in [3.63, 3.8) is 0 Å². The first-order chi connectivity index (χ1) is 12.9. The predicted molar refractivity (Wildman–Crippen MR) is 111 cm³/mol. The van der Waals surface area contributed by atoms with Crippen LogP contribution in [0.2, 0.25) is 0 Å². The van der Waals surface area contributed by atoms with Crippen LogP contribution in [-0.2, 0) is 0 Å². The lowest BCUT2D eigenvalue weighted by Crippen LogP contribution is -1.90. The Bertz CT molecular complexity index is 1410. The molecule has 0 bridgehead atoms. The van der Waals surface area contributed by atoms with E-state index in [-0.39, 0.29) is 0 Å². The van der Waals surface area contributed by atoms with Gasteiger partial charge < -0.3 is 4.40 Å². The molecular weight excluding hydrogens is 336 g/mol. The van der Waals surface area contributed by atoms with E-state index >= 15 is 0 Å². The maximum atomic E-state index is 4.66. The lowest BCUT2D eigenvalue weighted by molar-refractivity contribution is 1.27. The minimum Gasteiger partial charge on any atom is -0.306 e. The zero-order valence-electron chi connectivity index (χ0n) is 13.9. The minimum atomic E-state index is 1.02. The second-order valence-electron chi connectivity index (χ2n) is 6.57. The van der Waals surface area contributed by atoms with Gasteiger partial charge in [0.25, 0.3) is 0 Å². The van der Waals surface area contributed by atoms with Gasteiger partial charge in [-0.05, 0) is 47.3 Å². The number of thiophene rings is 1. The molecule has 0 saturated heterocycles. The SMILES string of the molecule is c1ccc2sc(-c3ccc4ncc5cc6ccccc6n5c4c3)cc2c1. The minimum absolute atomic E-state index is 1.02. The van der Waals surface area contributed by atoms with Gasteiger partial charge in [-0.15, -0.1) is 11.3 Å². The Hall–Kier alpha value is -3.17. The van der Waals surface area contributed by atoms with Crippen LogP contribution < -0.4 is 0 Å². The van der Waals surface area contributed by atoms with Crippen LogP contribution in [0.25, 0.3) is 48.0 Å². The van der Waals surface area contributed by atoms with Crippen molar-refractivity contribution in [2.45, 2.75) is 0 Å². The van der Waals surface area contributed by atoms with Gasteiger partial charge in [0.15, 0.2) is 0 Å². The Kier molecular flexibility index (Phi) is 2.79. The summed E-state index contributed by atoms with van der Waals surface area (Å²) in [4.78, 5) is 5.96. The summed E-state index contributed by atoms with van der Waals surface area (Å²) in [7, 11) is 0. The number of hydrogen-bond donors (Lipinski definition) is 0. The zero-order valence-corrected chi connectivity index (χ0v) is 14.7. The maximum Gasteiger partial charge on any atom is 0.0871 e. The fourth-order valence-electron chi connectivity index (χ4n) is 3.76. The number of fused-ring (bicyclic) bond motifs is 6. The molecule has 26 heavy (non-hydrogen) atoms. The van der Waals surface area contributed by atoms with Crippen molar-refractivity contribution in [2.24, 2.45) is 0 Å². The normalized spacial score (nSPS) is 11.8. The Morgan fingerprint density at radius 1 is 0.731 bits per heavy atom. The highest BCUT2D eigenvalue weighted by Gasteiger charge is 2.10. The van der Waals surface area contributed by atoms with E-state index in [4.69, 9.17) is 0 Å². The third kappa shape index (κ3) is 1.95. The third-order valence-electron chi connectivity index (χ3n) is 5.00. The standard InChI is InChI=1S/C23H14N2S/c1-3-7-20-15(5-1)11-18-14-24-19-10-9-17(12-21(19)25(18)20)23-13-16-6-2-4-8-22(16)26-23/h1-14H. The summed E-state index contributed by atoms with van der Waals surface area (Å²) in [5.74, 6) is 0. The molecule has 6 rings (SSSR count). The molecule has 0 amide bonds. The molecule has 2 nitrogen and oxygen atoms in total. The summed E-state index contributed by atoms with van der Waals surface area (Å²) in [5, 5.41) is 2.55. The average molecular weight is 350 g/mol. The van der Waals surface area contributed by atoms with Crippen LogP contribution in [0.5, 0.6) is 0 Å². The van der Waals surface area contributed by atoms with Crippen LogP contribution in [0.1, 0.15) is 0 Å². The van der Waals surface area contributed by atoms with Gasteiger partial charge in [-0.3, -0.25) is 4.98 Å². The fourth-order valence-corrected chi connectivity index (χ4v) is 4.82. The smallest absolute Gasteiger partial charge is 0.0871 e. The highest BCUT2D eigenvalue weighted by Crippen LogP contribution is 2.35. The number of benzene rings is 3. The van der Waals surface area contributed by atoms with E-state index in [1.807, 2.05) is 17.5 Å². The van der Waals surface area contributed by atoms with Crippen LogP contribution in [0.3, 0.4) is 0 Å². The van der Waals surface area contributed by atoms with Gasteiger partial charge in [0.2, 0.25) is 0 Å². The van der Waals surface area contributed by atoms with Crippen molar-refractivity contribution in [3.8, 4) is 10.4 Å². The molecule has 0 spiro atoms. The molecule has 122 valence electrons. The van der Waals surface area contributed by atoms with Crippen LogP contribution in [0.15, 0.2) is 85.1 Å². The van der Waals surface area contributed by atoms with Crippen LogP contribution in [-0.4, -0.2) is 9.38 Å². The largest absolute Gasteiger partial charge is 0.306 e. The van der Waals surface area contributed by atoms with Gasteiger partial charge >= 0.3 is 0 Å². The molecule has 3 aromatic heterocycles. The molecule has 0 aliphatic rings. The lowest BCUT2D eigenvalue weighted by Gasteiger charge is -2.06. The second-order valence-corrected chi connectivity index (χ2v) is 7.66. The molecule has 3 aromatic carbocycles. The first-order valence-electron chi connectivity index (χ1n) is 8.65. The highest BCUT2D eigenvalue weighted by atomic mass is 32.1. The monoisotopic (exact) mass is 350 g/mol. The molecule has 0 radical (unpaired) electrons. The first-order valence-corrected chi connectivity index (χ1v) is 9.46. The topological polar surface area (TPSA) is 17.3 Å². The van der Waals surface area contributed by atoms with Gasteiger partial charge in [0.1, 0.15) is 0 Å². The molecule has 6 aromatic rings. The van der Waals surface area contributed by atoms with E-state index < -0.39 is 0 Å². The average Bonchev–Trinajstić information content (AvgIpc) is 3.29. The molecule has 0 atom stereocenters. The molecule has 0 aliphatic heterocycles. The number of aromatic nitrogens is 2. The summed E-state index contributed by atoms with van der Waals surface area (Å²) in [6.45, 7) is 0. The molecule has 3 heteroatoms. The van der Waals surface area contributed by atoms with Gasteiger partial charge in [0.05, 0.1) is 28.3 Å². The van der Waals surface area contributed by atoms with E-state index in [0.717, 1.165) is 16.6 Å². The molecular formula is C23H14N2S. The number of para-hydroxylation sites is 1. The third-order valence-corrected chi connectivity index (χ3v) is 6.17. The van der Waals surface area contributed by atoms with Crippen molar-refractivity contribution in [2.75, 3.05) is 0 Å². The van der Waals surface area contributed by atoms with E-state index in [1.165, 1.54) is 31.4 Å². The van der Waals surface area contributed by atoms with Crippen molar-refractivity contribution in [3.05, 3.63) is 85.1 Å². The van der Waals surface area contributed by atoms with E-state index in [1.54, 1.807) is 0 Å². The molecule has 0 aliphatic carbocycles. The van der Waals surface area contributed by atoms with Crippen molar-refractivity contribution >= 4 is 48.9 Å². The molecule has 0 unspecified atom stereocenters. The number of rotatable bonds is 1. The number of hydrogen-bond acceptors (Lipinski definition) is 2. The fraction of sp³-hybridized carbons (Fsp3) is 0. The Morgan fingerprint density at radius 2 is 1.58 bits per heavy atom. The summed E-state index contributed by atoms with van der Waals surface area (Å²) in [6, 6.07) is 28.1. The molecule has 3 heterocycles. The first kappa shape index (κ1) is 14.0. The van der Waals surface area contributed by atoms with Gasteiger partial charge in [-0.1, -0.05) is 42.5 Å². The highest BCUT2D eigenvalue weighted by molar-refractivity contribution is 7.22. The van der Waals surface area contributed by atoms with Crippen molar-refractivity contribution in [1.82, 2.24) is 9.38 Å². The summed E-state index contributed by atoms with van der Waals surface area (Å²) in [5.41, 5.74) is 5.77. The number of nitrogens with zero attached hydrogens (tertiary/aromatic N) is 2. The van der Waals surface area contributed by atoms with Crippen LogP contribution >= 0.6 is 11.3 Å². The van der Waals surface area contributed by atoms with Gasteiger partial charge in [-0.2, -0.15) is 0 Å². The summed E-state index contributed by atoms with van der Waals surface area (Å²) < 4.78 is 3.64. The Balaban J connectivity index is 1.69. The van der Waals surface area contributed by atoms with E-state index in [2.05, 4.69) is 88.2 Å². The predicted octanol–water partition coefficient (Wildman–Crippen LogP) is 6.52. The summed E-state index contributed by atoms with van der Waals surface area (Å²) in [6.07, 6.45) is 1.96. The quantitative estimate of drug-likeness (QED) is 0.330. The van der Waals surface area contributed by atoms with Crippen LogP contribution in [0.4, 0.5) is 0 Å². The lowest BCUT2D eigenvalue weighted by atomic mass is 10.1. The molecule has 0 saturated carbocycles. The van der Waals surface area contributed by atoms with Crippen molar-refractivity contribution < 1.29 is 0 Å². The molecule has 0 fully saturated rings. The van der Waals surface area contributed by atoms with E-state index in [0.29, 0.717) is 0 Å². The molecule has 0 N–H and O–H groups in total. The second kappa shape index (κ2) is 5.16. The maximum absolute atomic E-state index is 4.66. The van der Waals surface area contributed by atoms with Gasteiger partial charge in [0, 0.05) is 15.0 Å². The Labute approximate surface area is 154 Å². The van der Waals surface area contributed by atoms with Gasteiger partial charge in [-0.25, -0.2) is 0 Å². The summed E-state index contributed by atoms with van der Waals surface area (Å²) >= 11 is 1.84. The zero-order chi connectivity index (χ0) is 17.1. The van der Waals surface area contributed by atoms with Crippen molar-refractivity contribution in [1.29, 1.82) is 0 Å². The van der Waals surface area contributed by atoms with E-state index in [9.17, 15) is 0 Å². The van der Waals surface area contributed by atoms with Crippen LogP contribution in [0, 0.1) is 0 Å². The Morgan fingerprint density at radius 3 is 2.50 bits per heavy atom.